The number of aromatic nitrogens is 1. The molecule has 23 heavy (non-hydrogen) atoms. The molecule has 3 heteroatoms. The van der Waals surface area contributed by atoms with E-state index in [4.69, 9.17) is 0 Å². The summed E-state index contributed by atoms with van der Waals surface area (Å²) >= 11 is 0. The number of carbonyl (C=O) groups is 1. The Kier molecular flexibility index (Phi) is 4.02. The minimum atomic E-state index is -0.0745. The normalized spacial score (nSPS) is 10.6. The maximum absolute atomic E-state index is 12.7. The van der Waals surface area contributed by atoms with Gasteiger partial charge in [-0.25, -0.2) is 0 Å². The van der Waals surface area contributed by atoms with Crippen LogP contribution in [0.1, 0.15) is 27.3 Å². The van der Waals surface area contributed by atoms with Gasteiger partial charge in [-0.05, 0) is 50.6 Å². The van der Waals surface area contributed by atoms with E-state index in [1.807, 2.05) is 81.4 Å². The van der Waals surface area contributed by atoms with Gasteiger partial charge in [-0.3, -0.25) is 4.79 Å². The fourth-order valence-electron chi connectivity index (χ4n) is 2.87. The van der Waals surface area contributed by atoms with Crippen molar-refractivity contribution < 1.29 is 4.79 Å². The molecule has 0 unspecified atom stereocenters. The molecule has 0 aliphatic heterocycles. The Balaban J connectivity index is 1.95. The largest absolute Gasteiger partial charge is 0.322 e. The fraction of sp³-hybridized carbons (Fsp3) is 0.150. The molecular formula is C20H20N2O. The third-order valence-corrected chi connectivity index (χ3v) is 4.08. The van der Waals surface area contributed by atoms with Gasteiger partial charge in [0, 0.05) is 22.8 Å². The molecule has 1 N–H and O–H groups in total. The molecule has 2 aromatic carbocycles. The Morgan fingerprint density at radius 2 is 1.57 bits per heavy atom. The Bertz CT molecular complexity index is 847. The Morgan fingerprint density at radius 1 is 0.913 bits per heavy atom. The van der Waals surface area contributed by atoms with Crippen molar-refractivity contribution in [1.82, 2.24) is 4.57 Å². The molecule has 116 valence electrons. The molecule has 0 aliphatic carbocycles. The molecule has 0 saturated carbocycles. The molecule has 1 aromatic heterocycles. The van der Waals surface area contributed by atoms with E-state index in [2.05, 4.69) is 9.88 Å². The number of hydrogen-bond acceptors (Lipinski definition) is 1. The number of hydrogen-bond donors (Lipinski definition) is 1. The van der Waals surface area contributed by atoms with E-state index in [1.165, 1.54) is 0 Å². The summed E-state index contributed by atoms with van der Waals surface area (Å²) in [6.45, 7) is 5.99. The second kappa shape index (κ2) is 6.13. The van der Waals surface area contributed by atoms with Crippen molar-refractivity contribution in [3.8, 4) is 5.69 Å². The summed E-state index contributed by atoms with van der Waals surface area (Å²) in [5.41, 5.74) is 5.66. The van der Waals surface area contributed by atoms with E-state index < -0.39 is 0 Å². The van der Waals surface area contributed by atoms with Crippen molar-refractivity contribution in [3.05, 3.63) is 83.2 Å². The summed E-state index contributed by atoms with van der Waals surface area (Å²) in [4.78, 5) is 12.7. The first-order valence-electron chi connectivity index (χ1n) is 7.69. The second-order valence-electron chi connectivity index (χ2n) is 5.72. The van der Waals surface area contributed by atoms with Gasteiger partial charge in [0.15, 0.2) is 0 Å². The van der Waals surface area contributed by atoms with E-state index in [9.17, 15) is 4.79 Å². The van der Waals surface area contributed by atoms with Gasteiger partial charge in [0.05, 0.1) is 5.56 Å². The van der Waals surface area contributed by atoms with Crippen molar-refractivity contribution >= 4 is 11.6 Å². The molecule has 0 aliphatic rings. The van der Waals surface area contributed by atoms with Gasteiger partial charge in [0.25, 0.3) is 5.91 Å². The number of nitrogens with one attached hydrogen (secondary N) is 1. The summed E-state index contributed by atoms with van der Waals surface area (Å²) in [7, 11) is 0. The number of aryl methyl sites for hydroxylation is 2. The van der Waals surface area contributed by atoms with Crippen LogP contribution in [-0.4, -0.2) is 10.5 Å². The van der Waals surface area contributed by atoms with Gasteiger partial charge in [0.2, 0.25) is 0 Å². The van der Waals surface area contributed by atoms with Crippen molar-refractivity contribution in [2.45, 2.75) is 20.8 Å². The van der Waals surface area contributed by atoms with Crippen LogP contribution in [0.2, 0.25) is 0 Å². The molecule has 0 atom stereocenters. The topological polar surface area (TPSA) is 34.0 Å². The van der Waals surface area contributed by atoms with Crippen LogP contribution in [0.3, 0.4) is 0 Å². The highest BCUT2D eigenvalue weighted by atomic mass is 16.1. The highest BCUT2D eigenvalue weighted by Gasteiger charge is 2.17. The van der Waals surface area contributed by atoms with Crippen LogP contribution >= 0.6 is 0 Å². The zero-order valence-corrected chi connectivity index (χ0v) is 13.6. The van der Waals surface area contributed by atoms with E-state index in [0.29, 0.717) is 5.56 Å². The number of nitrogens with zero attached hydrogens (tertiary/aromatic N) is 1. The molecule has 0 saturated heterocycles. The third kappa shape index (κ3) is 2.90. The summed E-state index contributed by atoms with van der Waals surface area (Å²) < 4.78 is 2.10. The van der Waals surface area contributed by atoms with Gasteiger partial charge in [-0.15, -0.1) is 0 Å². The van der Waals surface area contributed by atoms with E-state index in [0.717, 1.165) is 28.3 Å². The van der Waals surface area contributed by atoms with Crippen LogP contribution in [0.5, 0.6) is 0 Å². The Hall–Kier alpha value is -2.81. The summed E-state index contributed by atoms with van der Waals surface area (Å²) in [5, 5.41) is 3.01. The molecule has 1 amide bonds. The Morgan fingerprint density at radius 3 is 2.26 bits per heavy atom. The van der Waals surface area contributed by atoms with E-state index >= 15 is 0 Å². The predicted molar refractivity (Wildman–Crippen MR) is 94.4 cm³/mol. The number of amides is 1. The quantitative estimate of drug-likeness (QED) is 0.750. The molecule has 3 nitrogen and oxygen atoms in total. The lowest BCUT2D eigenvalue weighted by Crippen LogP contribution is -2.13. The smallest absolute Gasteiger partial charge is 0.257 e. The predicted octanol–water partition coefficient (Wildman–Crippen LogP) is 4.65. The van der Waals surface area contributed by atoms with Crippen LogP contribution in [-0.2, 0) is 0 Å². The highest BCUT2D eigenvalue weighted by molar-refractivity contribution is 6.05. The SMILES string of the molecule is Cc1ccccc1NC(=O)c1cc(C)n(-c2ccccc2)c1C. The van der Waals surface area contributed by atoms with Gasteiger partial charge in [-0.1, -0.05) is 36.4 Å². The average Bonchev–Trinajstić information content (AvgIpc) is 2.85. The van der Waals surface area contributed by atoms with Crippen molar-refractivity contribution in [3.63, 3.8) is 0 Å². The van der Waals surface area contributed by atoms with Crippen molar-refractivity contribution in [2.75, 3.05) is 5.32 Å². The molecule has 0 fully saturated rings. The number of benzene rings is 2. The van der Waals surface area contributed by atoms with E-state index in [-0.39, 0.29) is 5.91 Å². The van der Waals surface area contributed by atoms with Crippen LogP contribution in [0, 0.1) is 20.8 Å². The number of rotatable bonds is 3. The summed E-state index contributed by atoms with van der Waals surface area (Å²) in [5.74, 6) is -0.0745. The van der Waals surface area contributed by atoms with Crippen LogP contribution in [0.4, 0.5) is 5.69 Å². The minimum absolute atomic E-state index is 0.0745. The molecule has 1 heterocycles. The number of carbonyl (C=O) groups excluding carboxylic acids is 1. The standard InChI is InChI=1S/C20H20N2O/c1-14-9-7-8-12-19(14)21-20(23)18-13-15(2)22(16(18)3)17-10-5-4-6-11-17/h4-13H,1-3H3,(H,21,23). The second-order valence-corrected chi connectivity index (χ2v) is 5.72. The van der Waals surface area contributed by atoms with Crippen LogP contribution in [0.25, 0.3) is 5.69 Å². The average molecular weight is 304 g/mol. The zero-order chi connectivity index (χ0) is 16.4. The molecule has 0 bridgehead atoms. The Labute approximate surface area is 136 Å². The maximum atomic E-state index is 12.7. The third-order valence-electron chi connectivity index (χ3n) is 4.08. The molecular weight excluding hydrogens is 284 g/mol. The lowest BCUT2D eigenvalue weighted by atomic mass is 10.2. The maximum Gasteiger partial charge on any atom is 0.257 e. The molecule has 0 spiro atoms. The first-order chi connectivity index (χ1) is 11.1. The fourth-order valence-corrected chi connectivity index (χ4v) is 2.87. The molecule has 0 radical (unpaired) electrons. The van der Waals surface area contributed by atoms with Crippen molar-refractivity contribution in [2.24, 2.45) is 0 Å². The van der Waals surface area contributed by atoms with Gasteiger partial charge < -0.3 is 9.88 Å². The highest BCUT2D eigenvalue weighted by Crippen LogP contribution is 2.22. The summed E-state index contributed by atoms with van der Waals surface area (Å²) in [6, 6.07) is 19.8. The first-order valence-corrected chi connectivity index (χ1v) is 7.69. The molecule has 3 aromatic rings. The van der Waals surface area contributed by atoms with Crippen LogP contribution < -0.4 is 5.32 Å². The van der Waals surface area contributed by atoms with Crippen LogP contribution in [0.15, 0.2) is 60.7 Å². The summed E-state index contributed by atoms with van der Waals surface area (Å²) in [6.07, 6.45) is 0. The first kappa shape index (κ1) is 15.1. The molecule has 3 rings (SSSR count). The minimum Gasteiger partial charge on any atom is -0.322 e. The lowest BCUT2D eigenvalue weighted by Gasteiger charge is -2.10. The number of para-hydroxylation sites is 2. The lowest BCUT2D eigenvalue weighted by molar-refractivity contribution is 0.102. The van der Waals surface area contributed by atoms with Gasteiger partial charge in [0.1, 0.15) is 0 Å². The van der Waals surface area contributed by atoms with Gasteiger partial charge in [-0.2, -0.15) is 0 Å². The number of anilines is 1. The zero-order valence-electron chi connectivity index (χ0n) is 13.6. The monoisotopic (exact) mass is 304 g/mol. The van der Waals surface area contributed by atoms with Crippen molar-refractivity contribution in [1.29, 1.82) is 0 Å². The van der Waals surface area contributed by atoms with E-state index in [1.54, 1.807) is 0 Å². The van der Waals surface area contributed by atoms with Gasteiger partial charge >= 0.3 is 0 Å².